The summed E-state index contributed by atoms with van der Waals surface area (Å²) in [6.45, 7) is 1.23. The minimum absolute atomic E-state index is 0.0231. The highest BCUT2D eigenvalue weighted by Crippen LogP contribution is 2.39. The molecule has 1 N–H and O–H groups in total. The number of anilines is 3. The minimum Gasteiger partial charge on any atom is -0.755 e. The van der Waals surface area contributed by atoms with Crippen molar-refractivity contribution in [1.29, 1.82) is 0 Å². The fourth-order valence-electron chi connectivity index (χ4n) is 2.27. The third kappa shape index (κ3) is 2.87. The highest BCUT2D eigenvalue weighted by molar-refractivity contribution is 7.81. The van der Waals surface area contributed by atoms with Crippen LogP contribution in [0.15, 0.2) is 23.7 Å². The molecule has 0 saturated carbocycles. The molecule has 122 valence electrons. The lowest BCUT2D eigenvalue weighted by atomic mass is 10.2. The first-order chi connectivity index (χ1) is 11.0. The van der Waals surface area contributed by atoms with Gasteiger partial charge in [0.15, 0.2) is 5.69 Å². The number of carboxylic acid groups (broad SMARTS) is 1. The number of fused-ring (bicyclic) bond motifs is 1. The molecule has 0 amide bonds. The number of nitrogens with zero attached hydrogens (tertiary/aromatic N) is 3. The van der Waals surface area contributed by atoms with Gasteiger partial charge in [-0.1, -0.05) is 0 Å². The molecule has 2 aromatic rings. The Morgan fingerprint density at radius 1 is 1.57 bits per heavy atom. The second-order valence-corrected chi connectivity index (χ2v) is 6.38. The van der Waals surface area contributed by atoms with Gasteiger partial charge in [0, 0.05) is 13.1 Å². The number of likely N-dealkylation sites (N-methyl/N-ethyl adjacent to an activating group) is 1. The fraction of sp³-hybridized carbons (Fsp3) is 0.231. The van der Waals surface area contributed by atoms with E-state index in [4.69, 9.17) is 9.84 Å². The molecule has 1 aliphatic rings. The van der Waals surface area contributed by atoms with Crippen LogP contribution in [0.5, 0.6) is 5.75 Å². The van der Waals surface area contributed by atoms with Gasteiger partial charge in [-0.15, -0.1) is 11.3 Å². The van der Waals surface area contributed by atoms with Crippen LogP contribution in [0.25, 0.3) is 0 Å². The van der Waals surface area contributed by atoms with Crippen molar-refractivity contribution in [3.63, 3.8) is 0 Å². The van der Waals surface area contributed by atoms with Gasteiger partial charge < -0.3 is 19.3 Å². The van der Waals surface area contributed by atoms with Gasteiger partial charge in [0.25, 0.3) is 0 Å². The van der Waals surface area contributed by atoms with Crippen LogP contribution >= 0.6 is 11.3 Å². The quantitative estimate of drug-likeness (QED) is 0.831. The molecule has 8 nitrogen and oxygen atoms in total. The van der Waals surface area contributed by atoms with E-state index in [0.717, 1.165) is 27.9 Å². The highest BCUT2D eigenvalue weighted by atomic mass is 32.2. The molecule has 0 saturated heterocycles. The Morgan fingerprint density at radius 2 is 2.35 bits per heavy atom. The van der Waals surface area contributed by atoms with E-state index in [1.165, 1.54) is 5.51 Å². The number of carboxylic acids is 1. The van der Waals surface area contributed by atoms with E-state index in [0.29, 0.717) is 18.0 Å². The van der Waals surface area contributed by atoms with Gasteiger partial charge in [-0.05, 0) is 12.1 Å². The molecule has 0 spiro atoms. The molecule has 3 rings (SSSR count). The van der Waals surface area contributed by atoms with E-state index in [1.54, 1.807) is 18.2 Å². The van der Waals surface area contributed by atoms with Gasteiger partial charge in [-0.25, -0.2) is 9.78 Å². The molecular formula is C13H12N3O5S2-. The number of thiazole rings is 1. The number of ether oxygens (including phenoxy) is 1. The lowest BCUT2D eigenvalue weighted by Crippen LogP contribution is -2.29. The van der Waals surface area contributed by atoms with Crippen molar-refractivity contribution >= 4 is 44.9 Å². The molecule has 1 aromatic heterocycles. The Labute approximate surface area is 138 Å². The summed E-state index contributed by atoms with van der Waals surface area (Å²) in [7, 11) is 1.91. The Balaban J connectivity index is 2.07. The van der Waals surface area contributed by atoms with Gasteiger partial charge >= 0.3 is 5.97 Å². The number of rotatable bonds is 4. The number of aromatic nitrogens is 1. The second kappa shape index (κ2) is 6.14. The summed E-state index contributed by atoms with van der Waals surface area (Å²) in [6.07, 6.45) is 0. The van der Waals surface area contributed by atoms with Crippen LogP contribution in [0.1, 0.15) is 10.5 Å². The monoisotopic (exact) mass is 354 g/mol. The largest absolute Gasteiger partial charge is 0.755 e. The Bertz CT molecular complexity index is 779. The maximum atomic E-state index is 11.7. The lowest BCUT2D eigenvalue weighted by molar-refractivity contribution is 0.0692. The zero-order valence-corrected chi connectivity index (χ0v) is 13.6. The molecule has 0 aliphatic carbocycles. The van der Waals surface area contributed by atoms with Crippen LogP contribution in [0, 0.1) is 0 Å². The number of hydrogen-bond acceptors (Lipinski definition) is 7. The van der Waals surface area contributed by atoms with Crippen LogP contribution < -0.4 is 13.9 Å². The topological polar surface area (TPSA) is 106 Å². The van der Waals surface area contributed by atoms with E-state index in [1.807, 2.05) is 11.9 Å². The third-order valence-electron chi connectivity index (χ3n) is 3.36. The molecule has 1 atom stereocenters. The summed E-state index contributed by atoms with van der Waals surface area (Å²) in [6, 6.07) is 4.92. The number of benzene rings is 1. The van der Waals surface area contributed by atoms with Crippen LogP contribution in [0.3, 0.4) is 0 Å². The van der Waals surface area contributed by atoms with Crippen LogP contribution in [-0.4, -0.2) is 45.0 Å². The third-order valence-corrected chi connectivity index (χ3v) is 4.98. The van der Waals surface area contributed by atoms with Crippen molar-refractivity contribution in [3.8, 4) is 5.75 Å². The van der Waals surface area contributed by atoms with E-state index < -0.39 is 17.2 Å². The molecule has 0 bridgehead atoms. The zero-order chi connectivity index (χ0) is 16.6. The Kier molecular flexibility index (Phi) is 4.20. The molecule has 0 radical (unpaired) electrons. The molecule has 1 aliphatic heterocycles. The lowest BCUT2D eigenvalue weighted by Gasteiger charge is -2.30. The van der Waals surface area contributed by atoms with E-state index in [-0.39, 0.29) is 10.7 Å². The highest BCUT2D eigenvalue weighted by Gasteiger charge is 2.24. The van der Waals surface area contributed by atoms with E-state index >= 15 is 0 Å². The van der Waals surface area contributed by atoms with E-state index in [9.17, 15) is 13.6 Å². The van der Waals surface area contributed by atoms with Gasteiger partial charge in [0.1, 0.15) is 17.4 Å². The first kappa shape index (κ1) is 15.7. The van der Waals surface area contributed by atoms with Gasteiger partial charge in [0.05, 0.1) is 34.7 Å². The molecule has 10 heteroatoms. The summed E-state index contributed by atoms with van der Waals surface area (Å²) >= 11 is -1.76. The second-order valence-electron chi connectivity index (χ2n) is 4.74. The van der Waals surface area contributed by atoms with Crippen molar-refractivity contribution < 1.29 is 23.4 Å². The minimum atomic E-state index is -2.70. The first-order valence-electron chi connectivity index (χ1n) is 6.53. The van der Waals surface area contributed by atoms with Crippen molar-refractivity contribution in [1.82, 2.24) is 4.98 Å². The summed E-state index contributed by atoms with van der Waals surface area (Å²) in [5.74, 6) is -0.737. The number of carbonyl (C=O) groups is 1. The number of hydrogen-bond donors (Lipinski definition) is 1. The summed E-state index contributed by atoms with van der Waals surface area (Å²) < 4.78 is 29.8. The van der Waals surface area contributed by atoms with Crippen LogP contribution in [-0.2, 0) is 11.3 Å². The first-order valence-corrected chi connectivity index (χ1v) is 8.44. The Hall–Kier alpha value is -2.17. The normalized spacial score (nSPS) is 14.8. The predicted molar refractivity (Wildman–Crippen MR) is 85.3 cm³/mol. The zero-order valence-electron chi connectivity index (χ0n) is 12.0. The van der Waals surface area contributed by atoms with Gasteiger partial charge in [-0.3, -0.25) is 8.51 Å². The van der Waals surface area contributed by atoms with Crippen molar-refractivity contribution in [2.75, 3.05) is 29.4 Å². The molecule has 23 heavy (non-hydrogen) atoms. The van der Waals surface area contributed by atoms with E-state index in [2.05, 4.69) is 4.98 Å². The van der Waals surface area contributed by atoms with Crippen molar-refractivity contribution in [3.05, 3.63) is 29.4 Å². The summed E-state index contributed by atoms with van der Waals surface area (Å²) in [5, 5.41) is 9.17. The number of aromatic carboxylic acids is 1. The maximum absolute atomic E-state index is 11.7. The predicted octanol–water partition coefficient (Wildman–Crippen LogP) is 1.60. The summed E-state index contributed by atoms with van der Waals surface area (Å²) in [5.41, 5.74) is 2.12. The molecule has 2 heterocycles. The molecule has 1 aromatic carbocycles. The SMILES string of the molecule is CN1CCOc2cc(N(c3scnc3C(=O)O)S(=O)[O-])ccc21. The van der Waals surface area contributed by atoms with Crippen molar-refractivity contribution in [2.24, 2.45) is 0 Å². The standard InChI is InChI=1S/C13H13N3O5S2/c1-15-4-5-21-10-6-8(2-3-9(10)15)16(23(19)20)12-11(13(17)18)14-7-22-12/h2-3,6-7H,4-5H2,1H3,(H,17,18)(H,19,20)/p-1. The average molecular weight is 354 g/mol. The average Bonchev–Trinajstić information content (AvgIpc) is 2.96. The molecular weight excluding hydrogens is 342 g/mol. The van der Waals surface area contributed by atoms with Crippen LogP contribution in [0.2, 0.25) is 0 Å². The van der Waals surface area contributed by atoms with Gasteiger partial charge in [0.2, 0.25) is 0 Å². The fourth-order valence-corrected chi connectivity index (χ4v) is 3.80. The Morgan fingerprint density at radius 3 is 3.04 bits per heavy atom. The molecule has 0 fully saturated rings. The van der Waals surface area contributed by atoms with Gasteiger partial charge in [-0.2, -0.15) is 0 Å². The maximum Gasteiger partial charge on any atom is 0.357 e. The van der Waals surface area contributed by atoms with Crippen molar-refractivity contribution in [2.45, 2.75) is 0 Å². The van der Waals surface area contributed by atoms with Crippen LogP contribution in [0.4, 0.5) is 16.4 Å². The smallest absolute Gasteiger partial charge is 0.357 e. The summed E-state index contributed by atoms with van der Waals surface area (Å²) in [4.78, 5) is 16.9. The molecule has 1 unspecified atom stereocenters.